The summed E-state index contributed by atoms with van der Waals surface area (Å²) in [6.07, 6.45) is 8.13. The van der Waals surface area contributed by atoms with Gasteiger partial charge in [0, 0.05) is 26.5 Å². The molecule has 1 saturated carbocycles. The molecule has 1 aliphatic carbocycles. The van der Waals surface area contributed by atoms with E-state index in [0.717, 1.165) is 11.1 Å². The van der Waals surface area contributed by atoms with E-state index in [9.17, 15) is 0 Å². The fourth-order valence-corrected chi connectivity index (χ4v) is 5.54. The molecule has 22 heavy (non-hydrogen) atoms. The highest BCUT2D eigenvalue weighted by Gasteiger charge is 2.40. The second kappa shape index (κ2) is 8.25. The summed E-state index contributed by atoms with van der Waals surface area (Å²) in [4.78, 5) is 0. The van der Waals surface area contributed by atoms with Crippen LogP contribution in [0.15, 0.2) is 24.3 Å². The molecule has 0 amide bonds. The Hall–Kier alpha value is -0.683. The van der Waals surface area contributed by atoms with E-state index in [1.165, 1.54) is 44.1 Å². The SMILES string of the molecule is CCCC1CCC(c2ccc([Si](OC)(OC)OC)cc2)CC1. The van der Waals surface area contributed by atoms with E-state index in [1.807, 2.05) is 0 Å². The Kier molecular flexibility index (Phi) is 6.62. The third-order valence-corrected chi connectivity index (χ3v) is 7.74. The summed E-state index contributed by atoms with van der Waals surface area (Å²) >= 11 is 0. The zero-order valence-corrected chi connectivity index (χ0v) is 15.4. The molecule has 0 unspecified atom stereocenters. The van der Waals surface area contributed by atoms with Crippen LogP contribution < -0.4 is 5.19 Å². The lowest BCUT2D eigenvalue weighted by Crippen LogP contribution is -2.54. The highest BCUT2D eigenvalue weighted by molar-refractivity contribution is 6.75. The van der Waals surface area contributed by atoms with Gasteiger partial charge in [0.05, 0.1) is 0 Å². The fourth-order valence-electron chi connectivity index (χ4n) is 3.76. The first-order valence-electron chi connectivity index (χ1n) is 8.45. The van der Waals surface area contributed by atoms with Crippen molar-refractivity contribution in [2.24, 2.45) is 5.92 Å². The highest BCUT2D eigenvalue weighted by atomic mass is 28.4. The molecule has 1 aromatic carbocycles. The van der Waals surface area contributed by atoms with Gasteiger partial charge in [-0.25, -0.2) is 0 Å². The van der Waals surface area contributed by atoms with Crippen LogP contribution in [0, 0.1) is 5.92 Å². The Morgan fingerprint density at radius 2 is 1.45 bits per heavy atom. The lowest BCUT2D eigenvalue weighted by Gasteiger charge is -2.29. The van der Waals surface area contributed by atoms with Crippen molar-refractivity contribution in [3.8, 4) is 0 Å². The molecule has 2 rings (SSSR count). The van der Waals surface area contributed by atoms with Crippen LogP contribution in [-0.4, -0.2) is 30.1 Å². The molecule has 0 aromatic heterocycles. The quantitative estimate of drug-likeness (QED) is 0.714. The third kappa shape index (κ3) is 3.80. The summed E-state index contributed by atoms with van der Waals surface area (Å²) in [5.41, 5.74) is 1.45. The minimum absolute atomic E-state index is 0.714. The molecule has 0 spiro atoms. The summed E-state index contributed by atoms with van der Waals surface area (Å²) in [5, 5.41) is 1.03. The summed E-state index contributed by atoms with van der Waals surface area (Å²) in [7, 11) is 2.28. The molecule has 1 aromatic rings. The summed E-state index contributed by atoms with van der Waals surface area (Å²) in [6.45, 7) is 2.29. The van der Waals surface area contributed by atoms with Crippen molar-refractivity contribution in [2.45, 2.75) is 51.4 Å². The molecule has 0 aliphatic heterocycles. The van der Waals surface area contributed by atoms with Crippen molar-refractivity contribution in [1.82, 2.24) is 0 Å². The minimum Gasteiger partial charge on any atom is -0.373 e. The molecule has 3 nitrogen and oxygen atoms in total. The van der Waals surface area contributed by atoms with Gasteiger partial charge in [-0.2, -0.15) is 0 Å². The van der Waals surface area contributed by atoms with Gasteiger partial charge in [-0.05, 0) is 43.1 Å². The molecule has 1 fully saturated rings. The smallest absolute Gasteiger partial charge is 0.373 e. The summed E-state index contributed by atoms with van der Waals surface area (Å²) < 4.78 is 16.6. The summed E-state index contributed by atoms with van der Waals surface area (Å²) in [5.74, 6) is 1.67. The highest BCUT2D eigenvalue weighted by Crippen LogP contribution is 2.37. The van der Waals surface area contributed by atoms with E-state index < -0.39 is 8.80 Å². The largest absolute Gasteiger partial charge is 0.536 e. The average Bonchev–Trinajstić information content (AvgIpc) is 2.59. The van der Waals surface area contributed by atoms with Gasteiger partial charge in [0.2, 0.25) is 0 Å². The molecule has 0 N–H and O–H groups in total. The van der Waals surface area contributed by atoms with Gasteiger partial charge in [0.15, 0.2) is 0 Å². The number of rotatable bonds is 7. The first-order chi connectivity index (χ1) is 10.7. The maximum absolute atomic E-state index is 5.54. The predicted octanol–water partition coefficient (Wildman–Crippen LogP) is 3.85. The standard InChI is InChI=1S/C18H30O3Si/c1-5-6-15-7-9-16(10-8-15)17-11-13-18(14-12-17)22(19-2,20-3)21-4/h11-16H,5-10H2,1-4H3. The van der Waals surface area contributed by atoms with Gasteiger partial charge >= 0.3 is 8.80 Å². The normalized spacial score (nSPS) is 22.7. The first kappa shape index (κ1) is 17.7. The maximum atomic E-state index is 5.54. The molecule has 0 bridgehead atoms. The van der Waals surface area contributed by atoms with Gasteiger partial charge in [0.25, 0.3) is 0 Å². The molecule has 0 atom stereocenters. The van der Waals surface area contributed by atoms with Crippen LogP contribution in [0.2, 0.25) is 0 Å². The lowest BCUT2D eigenvalue weighted by atomic mass is 9.77. The number of benzene rings is 1. The van der Waals surface area contributed by atoms with E-state index in [-0.39, 0.29) is 0 Å². The van der Waals surface area contributed by atoms with Gasteiger partial charge in [-0.1, -0.05) is 44.0 Å². The Bertz CT molecular complexity index is 426. The van der Waals surface area contributed by atoms with Crippen molar-refractivity contribution in [3.63, 3.8) is 0 Å². The predicted molar refractivity (Wildman–Crippen MR) is 92.5 cm³/mol. The zero-order chi connectivity index (χ0) is 16.0. The molecule has 1 aliphatic rings. The molecular weight excluding hydrogens is 292 g/mol. The Balaban J connectivity index is 2.03. The van der Waals surface area contributed by atoms with Crippen molar-refractivity contribution in [3.05, 3.63) is 29.8 Å². The zero-order valence-electron chi connectivity index (χ0n) is 14.4. The minimum atomic E-state index is -2.69. The van der Waals surface area contributed by atoms with E-state index in [4.69, 9.17) is 13.3 Å². The first-order valence-corrected chi connectivity index (χ1v) is 10.2. The van der Waals surface area contributed by atoms with Crippen molar-refractivity contribution in [1.29, 1.82) is 0 Å². The van der Waals surface area contributed by atoms with E-state index in [2.05, 4.69) is 31.2 Å². The second-order valence-electron chi connectivity index (χ2n) is 6.30. The van der Waals surface area contributed by atoms with Crippen LogP contribution >= 0.6 is 0 Å². The number of hydrogen-bond donors (Lipinski definition) is 0. The van der Waals surface area contributed by atoms with Crippen molar-refractivity contribution >= 4 is 14.0 Å². The van der Waals surface area contributed by atoms with Gasteiger partial charge in [-0.15, -0.1) is 0 Å². The number of hydrogen-bond acceptors (Lipinski definition) is 3. The molecule has 124 valence electrons. The monoisotopic (exact) mass is 322 g/mol. The van der Waals surface area contributed by atoms with Crippen LogP contribution in [0.3, 0.4) is 0 Å². The Morgan fingerprint density at radius 3 is 1.91 bits per heavy atom. The van der Waals surface area contributed by atoms with Crippen LogP contribution in [-0.2, 0) is 13.3 Å². The fraction of sp³-hybridized carbons (Fsp3) is 0.667. The average molecular weight is 323 g/mol. The maximum Gasteiger partial charge on any atom is 0.536 e. The molecule has 0 radical (unpaired) electrons. The van der Waals surface area contributed by atoms with Gasteiger partial charge in [0.1, 0.15) is 0 Å². The second-order valence-corrected chi connectivity index (χ2v) is 9.21. The molecular formula is C18H30O3Si. The van der Waals surface area contributed by atoms with E-state index in [1.54, 1.807) is 21.3 Å². The van der Waals surface area contributed by atoms with Crippen LogP contribution in [0.25, 0.3) is 0 Å². The third-order valence-electron chi connectivity index (χ3n) is 5.09. The lowest BCUT2D eigenvalue weighted by molar-refractivity contribution is 0.140. The molecule has 0 saturated heterocycles. The van der Waals surface area contributed by atoms with Crippen LogP contribution in [0.1, 0.15) is 56.9 Å². The van der Waals surface area contributed by atoms with E-state index in [0.29, 0.717) is 5.92 Å². The van der Waals surface area contributed by atoms with Crippen molar-refractivity contribution < 1.29 is 13.3 Å². The van der Waals surface area contributed by atoms with E-state index >= 15 is 0 Å². The summed E-state index contributed by atoms with van der Waals surface area (Å²) in [6, 6.07) is 8.71. The molecule has 0 heterocycles. The van der Waals surface area contributed by atoms with Gasteiger partial charge < -0.3 is 13.3 Å². The van der Waals surface area contributed by atoms with Crippen LogP contribution in [0.4, 0.5) is 0 Å². The molecule has 4 heteroatoms. The Labute approximate surface area is 136 Å². The van der Waals surface area contributed by atoms with Crippen LogP contribution in [0.5, 0.6) is 0 Å². The Morgan fingerprint density at radius 1 is 0.909 bits per heavy atom. The van der Waals surface area contributed by atoms with Crippen molar-refractivity contribution in [2.75, 3.05) is 21.3 Å². The van der Waals surface area contributed by atoms with Gasteiger partial charge in [-0.3, -0.25) is 0 Å². The topological polar surface area (TPSA) is 27.7 Å².